The Morgan fingerprint density at radius 1 is 1.56 bits per heavy atom. The lowest BCUT2D eigenvalue weighted by molar-refractivity contribution is 0.544. The van der Waals surface area contributed by atoms with Gasteiger partial charge in [-0.3, -0.25) is 0 Å². The van der Waals surface area contributed by atoms with Gasteiger partial charge in [0.15, 0.2) is 9.84 Å². The van der Waals surface area contributed by atoms with Crippen molar-refractivity contribution < 1.29 is 8.42 Å². The second-order valence-corrected chi connectivity index (χ2v) is 7.62. The fourth-order valence-electron chi connectivity index (χ4n) is 2.17. The molecule has 0 amide bonds. The highest BCUT2D eigenvalue weighted by Gasteiger charge is 2.28. The Bertz CT molecular complexity index is 493. The molecule has 1 aliphatic rings. The number of rotatable bonds is 5. The van der Waals surface area contributed by atoms with Crippen LogP contribution < -0.4 is 5.32 Å². The number of hydrogen-bond acceptors (Lipinski definition) is 4. The lowest BCUT2D eigenvalue weighted by Crippen LogP contribution is -2.19. The Morgan fingerprint density at radius 2 is 2.33 bits per heavy atom. The average molecular weight is 271 g/mol. The van der Waals surface area contributed by atoms with Gasteiger partial charge in [-0.15, -0.1) is 0 Å². The first-order chi connectivity index (χ1) is 8.46. The van der Waals surface area contributed by atoms with Crippen LogP contribution in [0.15, 0.2) is 12.5 Å². The fourth-order valence-corrected chi connectivity index (χ4v) is 3.89. The van der Waals surface area contributed by atoms with E-state index < -0.39 is 9.84 Å². The van der Waals surface area contributed by atoms with E-state index in [-0.39, 0.29) is 11.8 Å². The highest BCUT2D eigenvalue weighted by Crippen LogP contribution is 2.23. The molecular formula is C12H21N3O2S. The summed E-state index contributed by atoms with van der Waals surface area (Å²) in [6.07, 6.45) is 4.41. The maximum atomic E-state index is 11.4. The Morgan fingerprint density at radius 3 is 2.94 bits per heavy atom. The minimum Gasteiger partial charge on any atom is -0.333 e. The van der Waals surface area contributed by atoms with Crippen LogP contribution in [-0.4, -0.2) is 36.0 Å². The molecule has 0 aromatic carbocycles. The number of nitrogens with zero attached hydrogens (tertiary/aromatic N) is 2. The summed E-state index contributed by atoms with van der Waals surface area (Å²) in [7, 11) is -2.83. The van der Waals surface area contributed by atoms with Gasteiger partial charge in [0, 0.05) is 18.8 Å². The van der Waals surface area contributed by atoms with Crippen LogP contribution in [0.25, 0.3) is 0 Å². The standard InChI is InChI=1S/C12H21N3O2S/c1-10(2)5-13-6-11-7-15(9-14-11)12-3-4-18(16,17)8-12/h7,9-10,12-13H,3-6,8H2,1-2H3. The second kappa shape index (κ2) is 5.40. The Kier molecular flexibility index (Phi) is 4.07. The van der Waals surface area contributed by atoms with Crippen molar-refractivity contribution in [3.05, 3.63) is 18.2 Å². The van der Waals surface area contributed by atoms with Crippen molar-refractivity contribution in [3.63, 3.8) is 0 Å². The number of nitrogens with one attached hydrogen (secondary N) is 1. The first kappa shape index (κ1) is 13.5. The lowest BCUT2D eigenvalue weighted by Gasteiger charge is -2.08. The van der Waals surface area contributed by atoms with E-state index in [0.717, 1.165) is 18.8 Å². The average Bonchev–Trinajstić information content (AvgIpc) is 2.84. The summed E-state index contributed by atoms with van der Waals surface area (Å²) in [6, 6.07) is 0.0707. The summed E-state index contributed by atoms with van der Waals surface area (Å²) in [5.41, 5.74) is 0.972. The van der Waals surface area contributed by atoms with Crippen molar-refractivity contribution in [2.75, 3.05) is 18.1 Å². The third-order valence-corrected chi connectivity index (χ3v) is 4.89. The molecule has 1 N–H and O–H groups in total. The van der Waals surface area contributed by atoms with Gasteiger partial charge in [0.05, 0.1) is 23.5 Å². The van der Waals surface area contributed by atoms with Gasteiger partial charge in [0.25, 0.3) is 0 Å². The predicted octanol–water partition coefficient (Wildman–Crippen LogP) is 0.988. The van der Waals surface area contributed by atoms with E-state index in [2.05, 4.69) is 24.1 Å². The van der Waals surface area contributed by atoms with E-state index in [9.17, 15) is 8.42 Å². The van der Waals surface area contributed by atoms with E-state index in [1.54, 1.807) is 6.33 Å². The Labute approximate surface area is 109 Å². The normalized spacial score (nSPS) is 22.7. The highest BCUT2D eigenvalue weighted by atomic mass is 32.2. The molecule has 5 nitrogen and oxygen atoms in total. The largest absolute Gasteiger partial charge is 0.333 e. The molecule has 6 heteroatoms. The molecule has 1 aromatic heterocycles. The molecule has 18 heavy (non-hydrogen) atoms. The van der Waals surface area contributed by atoms with Gasteiger partial charge < -0.3 is 9.88 Å². The van der Waals surface area contributed by atoms with E-state index in [0.29, 0.717) is 18.1 Å². The van der Waals surface area contributed by atoms with E-state index in [4.69, 9.17) is 0 Å². The maximum Gasteiger partial charge on any atom is 0.152 e. The van der Waals surface area contributed by atoms with Gasteiger partial charge in [-0.1, -0.05) is 13.8 Å². The molecule has 1 saturated heterocycles. The van der Waals surface area contributed by atoms with E-state index in [1.165, 1.54) is 0 Å². The molecule has 2 heterocycles. The number of hydrogen-bond donors (Lipinski definition) is 1. The molecule has 0 radical (unpaired) electrons. The SMILES string of the molecule is CC(C)CNCc1cn(C2CCS(=O)(=O)C2)cn1. The summed E-state index contributed by atoms with van der Waals surface area (Å²) in [6.45, 7) is 6.03. The maximum absolute atomic E-state index is 11.4. The zero-order chi connectivity index (χ0) is 13.2. The van der Waals surface area contributed by atoms with Gasteiger partial charge in [0.1, 0.15) is 0 Å². The molecule has 1 fully saturated rings. The summed E-state index contributed by atoms with van der Waals surface area (Å²) in [4.78, 5) is 4.31. The zero-order valence-electron chi connectivity index (χ0n) is 11.0. The fraction of sp³-hybridized carbons (Fsp3) is 0.750. The molecule has 1 atom stereocenters. The molecule has 1 aliphatic heterocycles. The molecule has 0 saturated carbocycles. The topological polar surface area (TPSA) is 64.0 Å². The number of imidazole rings is 1. The molecule has 2 rings (SSSR count). The van der Waals surface area contributed by atoms with Crippen LogP contribution in [0.1, 0.15) is 32.0 Å². The quantitative estimate of drug-likeness (QED) is 0.867. The van der Waals surface area contributed by atoms with Crippen LogP contribution in [0.2, 0.25) is 0 Å². The minimum absolute atomic E-state index is 0.0707. The molecule has 0 spiro atoms. The van der Waals surface area contributed by atoms with Crippen molar-refractivity contribution in [1.82, 2.24) is 14.9 Å². The van der Waals surface area contributed by atoms with Crippen molar-refractivity contribution in [3.8, 4) is 0 Å². The van der Waals surface area contributed by atoms with E-state index >= 15 is 0 Å². The third-order valence-electron chi connectivity index (χ3n) is 3.14. The van der Waals surface area contributed by atoms with Crippen LogP contribution in [0.3, 0.4) is 0 Å². The van der Waals surface area contributed by atoms with Crippen LogP contribution in [-0.2, 0) is 16.4 Å². The zero-order valence-corrected chi connectivity index (χ0v) is 11.8. The Hall–Kier alpha value is -0.880. The van der Waals surface area contributed by atoms with Crippen LogP contribution in [0.5, 0.6) is 0 Å². The highest BCUT2D eigenvalue weighted by molar-refractivity contribution is 7.91. The summed E-state index contributed by atoms with van der Waals surface area (Å²) in [5.74, 6) is 1.17. The number of sulfone groups is 1. The van der Waals surface area contributed by atoms with Gasteiger partial charge in [0.2, 0.25) is 0 Å². The Balaban J connectivity index is 1.90. The van der Waals surface area contributed by atoms with Crippen molar-refractivity contribution >= 4 is 9.84 Å². The van der Waals surface area contributed by atoms with Crippen molar-refractivity contribution in [2.45, 2.75) is 32.9 Å². The van der Waals surface area contributed by atoms with Crippen LogP contribution in [0, 0.1) is 5.92 Å². The molecule has 0 aliphatic carbocycles. The van der Waals surface area contributed by atoms with Crippen molar-refractivity contribution in [2.24, 2.45) is 5.92 Å². The monoisotopic (exact) mass is 271 g/mol. The minimum atomic E-state index is -2.83. The number of aromatic nitrogens is 2. The predicted molar refractivity (Wildman–Crippen MR) is 71.1 cm³/mol. The molecule has 0 bridgehead atoms. The van der Waals surface area contributed by atoms with Gasteiger partial charge >= 0.3 is 0 Å². The lowest BCUT2D eigenvalue weighted by atomic mass is 10.2. The summed E-state index contributed by atoms with van der Waals surface area (Å²) < 4.78 is 24.8. The van der Waals surface area contributed by atoms with Gasteiger partial charge in [-0.25, -0.2) is 13.4 Å². The smallest absolute Gasteiger partial charge is 0.152 e. The molecular weight excluding hydrogens is 250 g/mol. The first-order valence-corrected chi connectivity index (χ1v) is 8.22. The summed E-state index contributed by atoms with van der Waals surface area (Å²) >= 11 is 0. The van der Waals surface area contributed by atoms with Crippen LogP contribution in [0.4, 0.5) is 0 Å². The van der Waals surface area contributed by atoms with Gasteiger partial charge in [-0.05, 0) is 18.9 Å². The third kappa shape index (κ3) is 3.55. The first-order valence-electron chi connectivity index (χ1n) is 6.40. The summed E-state index contributed by atoms with van der Waals surface area (Å²) in [5, 5.41) is 3.33. The molecule has 1 aromatic rings. The van der Waals surface area contributed by atoms with Crippen molar-refractivity contribution in [1.29, 1.82) is 0 Å². The molecule has 1 unspecified atom stereocenters. The molecule has 102 valence electrons. The van der Waals surface area contributed by atoms with E-state index in [1.807, 2.05) is 10.8 Å². The van der Waals surface area contributed by atoms with Crippen LogP contribution >= 0.6 is 0 Å². The second-order valence-electron chi connectivity index (χ2n) is 5.39. The van der Waals surface area contributed by atoms with Gasteiger partial charge in [-0.2, -0.15) is 0 Å².